The topological polar surface area (TPSA) is 22.1 Å². The Morgan fingerprint density at radius 1 is 0.880 bits per heavy atom. The van der Waals surface area contributed by atoms with Gasteiger partial charge < -0.3 is 9.80 Å². The molecule has 3 rings (SSSR count). The molecular weight excluding hydrogens is 308 g/mol. The minimum absolute atomic E-state index is 0.961. The molecule has 2 aromatic rings. The van der Waals surface area contributed by atoms with Crippen LogP contribution < -0.4 is 9.80 Å². The molecule has 4 heteroatoms. The molecule has 1 aliphatic heterocycles. The first-order valence-corrected chi connectivity index (χ1v) is 9.24. The van der Waals surface area contributed by atoms with Crippen LogP contribution in [0.4, 0.5) is 11.4 Å². The maximum Gasteiger partial charge on any atom is 0.0542 e. The predicted octanol–water partition coefficient (Wildman–Crippen LogP) is 3.69. The molecule has 4 nitrogen and oxygen atoms in total. The summed E-state index contributed by atoms with van der Waals surface area (Å²) in [5.74, 6) is 0. The summed E-state index contributed by atoms with van der Waals surface area (Å²) in [6.07, 6.45) is 1.98. The highest BCUT2D eigenvalue weighted by Gasteiger charge is 2.15. The number of anilines is 2. The van der Waals surface area contributed by atoms with Crippen molar-refractivity contribution in [1.29, 1.82) is 0 Å². The number of rotatable bonds is 6. The number of hydrazone groups is 1. The lowest BCUT2D eigenvalue weighted by Gasteiger charge is -2.34. The molecule has 0 aliphatic carbocycles. The molecule has 0 saturated carbocycles. The van der Waals surface area contributed by atoms with Crippen LogP contribution in [0.1, 0.15) is 19.4 Å². The van der Waals surface area contributed by atoms with E-state index in [0.29, 0.717) is 0 Å². The molecule has 1 saturated heterocycles. The zero-order valence-electron chi connectivity index (χ0n) is 15.3. The Morgan fingerprint density at radius 2 is 1.52 bits per heavy atom. The van der Waals surface area contributed by atoms with E-state index in [4.69, 9.17) is 0 Å². The molecule has 0 bridgehead atoms. The van der Waals surface area contributed by atoms with Crippen molar-refractivity contribution in [2.75, 3.05) is 49.1 Å². The lowest BCUT2D eigenvalue weighted by Crippen LogP contribution is -2.44. The van der Waals surface area contributed by atoms with Gasteiger partial charge in [0.05, 0.1) is 19.3 Å². The highest BCUT2D eigenvalue weighted by molar-refractivity contribution is 5.80. The van der Waals surface area contributed by atoms with Crippen LogP contribution in [0, 0.1) is 0 Å². The van der Waals surface area contributed by atoms with Gasteiger partial charge in [0.15, 0.2) is 0 Å². The second kappa shape index (κ2) is 8.56. The van der Waals surface area contributed by atoms with Crippen LogP contribution in [-0.4, -0.2) is 50.5 Å². The van der Waals surface area contributed by atoms with Crippen molar-refractivity contribution in [1.82, 2.24) is 5.01 Å². The van der Waals surface area contributed by atoms with Crippen LogP contribution in [0.15, 0.2) is 59.7 Å². The standard InChI is InChI=1S/C21H28N4/c1-3-23(4-2)21-12-10-19(11-13-21)18-22-25-16-14-24(15-17-25)20-8-6-5-7-9-20/h5-13,18H,3-4,14-17H2,1-2H3. The average molecular weight is 336 g/mol. The van der Waals surface area contributed by atoms with E-state index in [1.165, 1.54) is 11.4 Å². The molecule has 1 aliphatic rings. The number of benzene rings is 2. The highest BCUT2D eigenvalue weighted by atomic mass is 15.5. The summed E-state index contributed by atoms with van der Waals surface area (Å²) in [6.45, 7) is 10.4. The van der Waals surface area contributed by atoms with Crippen molar-refractivity contribution in [3.63, 3.8) is 0 Å². The third-order valence-electron chi connectivity index (χ3n) is 4.77. The second-order valence-corrected chi connectivity index (χ2v) is 6.28. The lowest BCUT2D eigenvalue weighted by atomic mass is 10.2. The zero-order chi connectivity index (χ0) is 17.5. The SMILES string of the molecule is CCN(CC)c1ccc(C=NN2CCN(c3ccccc3)CC2)cc1. The van der Waals surface area contributed by atoms with Crippen molar-refractivity contribution in [3.8, 4) is 0 Å². The maximum absolute atomic E-state index is 4.66. The molecule has 0 unspecified atom stereocenters. The van der Waals surface area contributed by atoms with E-state index in [1.54, 1.807) is 0 Å². The van der Waals surface area contributed by atoms with Crippen LogP contribution in [0.25, 0.3) is 0 Å². The summed E-state index contributed by atoms with van der Waals surface area (Å²) < 4.78 is 0. The van der Waals surface area contributed by atoms with Gasteiger partial charge in [-0.3, -0.25) is 5.01 Å². The Kier molecular flexibility index (Phi) is 5.94. The van der Waals surface area contributed by atoms with Crippen LogP contribution in [-0.2, 0) is 0 Å². The predicted molar refractivity (Wildman–Crippen MR) is 108 cm³/mol. The minimum atomic E-state index is 0.961. The van der Waals surface area contributed by atoms with Crippen molar-refractivity contribution in [2.45, 2.75) is 13.8 Å². The summed E-state index contributed by atoms with van der Waals surface area (Å²) in [4.78, 5) is 4.77. The molecule has 25 heavy (non-hydrogen) atoms. The molecule has 0 amide bonds. The van der Waals surface area contributed by atoms with E-state index in [0.717, 1.165) is 44.8 Å². The van der Waals surface area contributed by atoms with E-state index >= 15 is 0 Å². The van der Waals surface area contributed by atoms with E-state index in [1.807, 2.05) is 6.21 Å². The molecule has 0 N–H and O–H groups in total. The fraction of sp³-hybridized carbons (Fsp3) is 0.381. The molecule has 2 aromatic carbocycles. The van der Waals surface area contributed by atoms with Gasteiger partial charge in [-0.2, -0.15) is 5.10 Å². The smallest absolute Gasteiger partial charge is 0.0542 e. The monoisotopic (exact) mass is 336 g/mol. The number of nitrogens with zero attached hydrogens (tertiary/aromatic N) is 4. The van der Waals surface area contributed by atoms with E-state index in [-0.39, 0.29) is 0 Å². The summed E-state index contributed by atoms with van der Waals surface area (Å²) in [7, 11) is 0. The highest BCUT2D eigenvalue weighted by Crippen LogP contribution is 2.16. The second-order valence-electron chi connectivity index (χ2n) is 6.28. The van der Waals surface area contributed by atoms with Crippen molar-refractivity contribution in [2.24, 2.45) is 5.10 Å². The largest absolute Gasteiger partial charge is 0.372 e. The normalized spacial score (nSPS) is 15.0. The van der Waals surface area contributed by atoms with Gasteiger partial charge in [-0.1, -0.05) is 30.3 Å². The zero-order valence-corrected chi connectivity index (χ0v) is 15.3. The Balaban J connectivity index is 1.53. The fourth-order valence-electron chi connectivity index (χ4n) is 3.22. The third-order valence-corrected chi connectivity index (χ3v) is 4.77. The number of hydrogen-bond donors (Lipinski definition) is 0. The van der Waals surface area contributed by atoms with E-state index < -0.39 is 0 Å². The molecular formula is C21H28N4. The average Bonchev–Trinajstić information content (AvgIpc) is 2.69. The van der Waals surface area contributed by atoms with Gasteiger partial charge in [-0.05, 0) is 43.7 Å². The number of para-hydroxylation sites is 1. The Labute approximate surface area is 151 Å². The summed E-state index contributed by atoms with van der Waals surface area (Å²) in [5.41, 5.74) is 3.73. The molecule has 0 atom stereocenters. The first-order valence-electron chi connectivity index (χ1n) is 9.24. The molecule has 0 spiro atoms. The van der Waals surface area contributed by atoms with Crippen LogP contribution >= 0.6 is 0 Å². The van der Waals surface area contributed by atoms with Crippen molar-refractivity contribution < 1.29 is 0 Å². The Hall–Kier alpha value is -2.49. The van der Waals surface area contributed by atoms with Gasteiger partial charge in [0.25, 0.3) is 0 Å². The molecule has 0 aromatic heterocycles. The van der Waals surface area contributed by atoms with Crippen molar-refractivity contribution >= 4 is 17.6 Å². The quantitative estimate of drug-likeness (QED) is 0.751. The first kappa shape index (κ1) is 17.3. The molecule has 1 heterocycles. The van der Waals surface area contributed by atoms with E-state index in [2.05, 4.69) is 88.4 Å². The Bertz CT molecular complexity index is 654. The van der Waals surface area contributed by atoms with Gasteiger partial charge in [-0.25, -0.2) is 0 Å². The van der Waals surface area contributed by atoms with Crippen LogP contribution in [0.3, 0.4) is 0 Å². The number of hydrogen-bond acceptors (Lipinski definition) is 4. The Morgan fingerprint density at radius 3 is 2.12 bits per heavy atom. The van der Waals surface area contributed by atoms with Gasteiger partial charge in [-0.15, -0.1) is 0 Å². The van der Waals surface area contributed by atoms with Gasteiger partial charge in [0.2, 0.25) is 0 Å². The van der Waals surface area contributed by atoms with Crippen LogP contribution in [0.2, 0.25) is 0 Å². The fourth-order valence-corrected chi connectivity index (χ4v) is 3.22. The van der Waals surface area contributed by atoms with E-state index in [9.17, 15) is 0 Å². The minimum Gasteiger partial charge on any atom is -0.372 e. The van der Waals surface area contributed by atoms with Crippen molar-refractivity contribution in [3.05, 3.63) is 60.2 Å². The molecule has 0 radical (unpaired) electrons. The summed E-state index contributed by atoms with van der Waals surface area (Å²) in [6, 6.07) is 19.3. The van der Waals surface area contributed by atoms with Gasteiger partial charge in [0.1, 0.15) is 0 Å². The third kappa shape index (κ3) is 4.53. The summed E-state index contributed by atoms with van der Waals surface area (Å²) >= 11 is 0. The molecule has 1 fully saturated rings. The first-order chi connectivity index (χ1) is 12.3. The van der Waals surface area contributed by atoms with Crippen LogP contribution in [0.5, 0.6) is 0 Å². The maximum atomic E-state index is 4.66. The number of piperazine rings is 1. The summed E-state index contributed by atoms with van der Waals surface area (Å²) in [5, 5.41) is 6.83. The van der Waals surface area contributed by atoms with Gasteiger partial charge >= 0.3 is 0 Å². The molecule has 132 valence electrons. The van der Waals surface area contributed by atoms with Gasteiger partial charge in [0, 0.05) is 37.6 Å². The lowest BCUT2D eigenvalue weighted by molar-refractivity contribution is 0.272.